The summed E-state index contributed by atoms with van der Waals surface area (Å²) < 4.78 is 5.58. The van der Waals surface area contributed by atoms with Crippen LogP contribution in [0.1, 0.15) is 25.0 Å². The van der Waals surface area contributed by atoms with E-state index in [1.54, 1.807) is 17.5 Å². The van der Waals surface area contributed by atoms with Crippen molar-refractivity contribution in [1.82, 2.24) is 14.9 Å². The van der Waals surface area contributed by atoms with Crippen molar-refractivity contribution >= 4 is 17.2 Å². The molecule has 4 heterocycles. The molecule has 2 aromatic heterocycles. The molecule has 2 fully saturated rings. The summed E-state index contributed by atoms with van der Waals surface area (Å²) in [5.41, 5.74) is 2.30. The summed E-state index contributed by atoms with van der Waals surface area (Å²) in [7, 11) is 0. The van der Waals surface area contributed by atoms with E-state index in [2.05, 4.69) is 10.4 Å². The van der Waals surface area contributed by atoms with Gasteiger partial charge in [0.2, 0.25) is 5.91 Å². The molecule has 24 heavy (non-hydrogen) atoms. The standard InChI is InChI=1S/C18H21N3O2S/c22-16-3-5-18(6-9-23-13-18)12-21(16)8-4-15-11-24-17(20-15)14-2-1-7-19-10-14/h1-2,7,10-11H,3-6,8-9,12-13H2. The zero-order valence-electron chi connectivity index (χ0n) is 13.6. The number of aromatic nitrogens is 2. The minimum atomic E-state index is 0.205. The fourth-order valence-corrected chi connectivity index (χ4v) is 4.42. The maximum Gasteiger partial charge on any atom is 0.222 e. The van der Waals surface area contributed by atoms with E-state index in [0.29, 0.717) is 6.42 Å². The van der Waals surface area contributed by atoms with Gasteiger partial charge in [0.15, 0.2) is 0 Å². The number of piperidine rings is 1. The van der Waals surface area contributed by atoms with Crippen LogP contribution in [0.25, 0.3) is 10.6 Å². The van der Waals surface area contributed by atoms with Crippen LogP contribution in [0.15, 0.2) is 29.9 Å². The Labute approximate surface area is 145 Å². The second kappa shape index (κ2) is 6.61. The van der Waals surface area contributed by atoms with Crippen molar-refractivity contribution in [2.75, 3.05) is 26.3 Å². The quantitative estimate of drug-likeness (QED) is 0.857. The summed E-state index contributed by atoms with van der Waals surface area (Å²) >= 11 is 1.63. The summed E-state index contributed by atoms with van der Waals surface area (Å²) in [4.78, 5) is 23.1. The van der Waals surface area contributed by atoms with E-state index in [1.807, 2.05) is 23.2 Å². The number of carbonyl (C=O) groups is 1. The Hall–Kier alpha value is -1.79. The topological polar surface area (TPSA) is 55.3 Å². The van der Waals surface area contributed by atoms with Gasteiger partial charge in [-0.2, -0.15) is 0 Å². The molecule has 0 N–H and O–H groups in total. The minimum Gasteiger partial charge on any atom is -0.381 e. The van der Waals surface area contributed by atoms with Gasteiger partial charge in [0, 0.05) is 61.3 Å². The molecule has 2 saturated heterocycles. The van der Waals surface area contributed by atoms with Gasteiger partial charge in [-0.3, -0.25) is 9.78 Å². The molecule has 5 nitrogen and oxygen atoms in total. The van der Waals surface area contributed by atoms with Crippen LogP contribution in [-0.2, 0) is 16.0 Å². The number of pyridine rings is 1. The SMILES string of the molecule is O=C1CCC2(CCOC2)CN1CCc1csc(-c2cccnc2)n1. The van der Waals surface area contributed by atoms with Gasteiger partial charge in [-0.25, -0.2) is 4.98 Å². The molecule has 6 heteroatoms. The number of likely N-dealkylation sites (tertiary alicyclic amines) is 1. The van der Waals surface area contributed by atoms with E-state index in [4.69, 9.17) is 9.72 Å². The Kier molecular flexibility index (Phi) is 4.33. The van der Waals surface area contributed by atoms with Crippen LogP contribution >= 0.6 is 11.3 Å². The van der Waals surface area contributed by atoms with Crippen molar-refractivity contribution in [3.05, 3.63) is 35.6 Å². The smallest absolute Gasteiger partial charge is 0.222 e. The second-order valence-electron chi connectivity index (χ2n) is 6.75. The van der Waals surface area contributed by atoms with Crippen molar-refractivity contribution < 1.29 is 9.53 Å². The van der Waals surface area contributed by atoms with Crippen LogP contribution in [0.2, 0.25) is 0 Å². The maximum atomic E-state index is 12.2. The normalized spacial score (nSPS) is 24.0. The largest absolute Gasteiger partial charge is 0.381 e. The lowest BCUT2D eigenvalue weighted by atomic mass is 9.79. The Balaban J connectivity index is 1.39. The van der Waals surface area contributed by atoms with Crippen LogP contribution in [0.5, 0.6) is 0 Å². The van der Waals surface area contributed by atoms with Crippen LogP contribution in [0.4, 0.5) is 0 Å². The predicted octanol–water partition coefficient (Wildman–Crippen LogP) is 2.78. The number of ether oxygens (including phenoxy) is 1. The van der Waals surface area contributed by atoms with E-state index < -0.39 is 0 Å². The number of nitrogens with zero attached hydrogens (tertiary/aromatic N) is 3. The molecule has 1 spiro atoms. The summed E-state index contributed by atoms with van der Waals surface area (Å²) in [5.74, 6) is 0.273. The highest BCUT2D eigenvalue weighted by Gasteiger charge is 2.41. The molecule has 1 unspecified atom stereocenters. The number of hydrogen-bond acceptors (Lipinski definition) is 5. The molecule has 2 aromatic rings. The van der Waals surface area contributed by atoms with Crippen molar-refractivity contribution in [2.24, 2.45) is 5.41 Å². The van der Waals surface area contributed by atoms with Crippen molar-refractivity contribution in [3.63, 3.8) is 0 Å². The highest BCUT2D eigenvalue weighted by Crippen LogP contribution is 2.38. The number of carbonyl (C=O) groups excluding carboxylic acids is 1. The molecular weight excluding hydrogens is 322 g/mol. The van der Waals surface area contributed by atoms with Gasteiger partial charge in [0.05, 0.1) is 12.3 Å². The van der Waals surface area contributed by atoms with E-state index in [0.717, 1.165) is 61.8 Å². The Morgan fingerprint density at radius 2 is 2.33 bits per heavy atom. The first-order chi connectivity index (χ1) is 11.7. The molecule has 1 amide bonds. The van der Waals surface area contributed by atoms with Crippen molar-refractivity contribution in [3.8, 4) is 10.6 Å². The lowest BCUT2D eigenvalue weighted by molar-refractivity contribution is -0.137. The Morgan fingerprint density at radius 1 is 1.38 bits per heavy atom. The third kappa shape index (κ3) is 3.21. The predicted molar refractivity (Wildman–Crippen MR) is 92.7 cm³/mol. The molecule has 0 bridgehead atoms. The van der Waals surface area contributed by atoms with Crippen LogP contribution in [-0.4, -0.2) is 47.1 Å². The second-order valence-corrected chi connectivity index (χ2v) is 7.61. The van der Waals surface area contributed by atoms with Gasteiger partial charge >= 0.3 is 0 Å². The van der Waals surface area contributed by atoms with Crippen molar-refractivity contribution in [1.29, 1.82) is 0 Å². The zero-order valence-corrected chi connectivity index (χ0v) is 14.4. The molecule has 0 aliphatic carbocycles. The van der Waals surface area contributed by atoms with E-state index in [9.17, 15) is 4.79 Å². The van der Waals surface area contributed by atoms with Gasteiger partial charge in [-0.05, 0) is 25.0 Å². The summed E-state index contributed by atoms with van der Waals surface area (Å²) in [6, 6.07) is 3.94. The first-order valence-electron chi connectivity index (χ1n) is 8.44. The third-order valence-corrected chi connectivity index (χ3v) is 5.97. The molecule has 0 saturated carbocycles. The van der Waals surface area contributed by atoms with Gasteiger partial charge in [-0.15, -0.1) is 11.3 Å². The minimum absolute atomic E-state index is 0.205. The van der Waals surface area contributed by atoms with E-state index in [-0.39, 0.29) is 11.3 Å². The number of amides is 1. The van der Waals surface area contributed by atoms with Gasteiger partial charge in [0.1, 0.15) is 5.01 Å². The monoisotopic (exact) mass is 343 g/mol. The number of thiazole rings is 1. The van der Waals surface area contributed by atoms with Gasteiger partial charge in [-0.1, -0.05) is 0 Å². The lowest BCUT2D eigenvalue weighted by Gasteiger charge is -2.39. The summed E-state index contributed by atoms with van der Waals surface area (Å²) in [6.07, 6.45) is 7.12. The lowest BCUT2D eigenvalue weighted by Crippen LogP contribution is -2.47. The third-order valence-electron chi connectivity index (χ3n) is 5.03. The van der Waals surface area contributed by atoms with Gasteiger partial charge in [0.25, 0.3) is 0 Å². The molecule has 126 valence electrons. The van der Waals surface area contributed by atoms with Crippen LogP contribution in [0, 0.1) is 5.41 Å². The first kappa shape index (κ1) is 15.7. The maximum absolute atomic E-state index is 12.2. The molecule has 0 aromatic carbocycles. The molecule has 2 aliphatic rings. The van der Waals surface area contributed by atoms with E-state index in [1.165, 1.54) is 0 Å². The molecular formula is C18H21N3O2S. The highest BCUT2D eigenvalue weighted by atomic mass is 32.1. The molecule has 0 radical (unpaired) electrons. The Morgan fingerprint density at radius 3 is 3.12 bits per heavy atom. The molecule has 2 aliphatic heterocycles. The highest BCUT2D eigenvalue weighted by molar-refractivity contribution is 7.13. The summed E-state index contributed by atoms with van der Waals surface area (Å²) in [5, 5.41) is 3.08. The van der Waals surface area contributed by atoms with Crippen LogP contribution in [0.3, 0.4) is 0 Å². The molecule has 1 atom stereocenters. The number of hydrogen-bond donors (Lipinski definition) is 0. The number of rotatable bonds is 4. The van der Waals surface area contributed by atoms with Gasteiger partial charge < -0.3 is 9.64 Å². The first-order valence-corrected chi connectivity index (χ1v) is 9.32. The zero-order chi connectivity index (χ0) is 16.4. The van der Waals surface area contributed by atoms with Crippen LogP contribution < -0.4 is 0 Å². The van der Waals surface area contributed by atoms with Crippen molar-refractivity contribution in [2.45, 2.75) is 25.7 Å². The fourth-order valence-electron chi connectivity index (χ4n) is 3.57. The average molecular weight is 343 g/mol. The fraction of sp³-hybridized carbons (Fsp3) is 0.500. The Bertz CT molecular complexity index is 710. The average Bonchev–Trinajstić information content (AvgIpc) is 3.27. The van der Waals surface area contributed by atoms with E-state index >= 15 is 0 Å². The molecule has 4 rings (SSSR count). The summed E-state index contributed by atoms with van der Waals surface area (Å²) in [6.45, 7) is 3.23.